The summed E-state index contributed by atoms with van der Waals surface area (Å²) in [7, 11) is 1.68. The van der Waals surface area contributed by atoms with Crippen LogP contribution in [-0.4, -0.2) is 33.3 Å². The lowest BCUT2D eigenvalue weighted by molar-refractivity contribution is 0.413. The van der Waals surface area contributed by atoms with Gasteiger partial charge in [-0.2, -0.15) is 0 Å². The lowest BCUT2D eigenvalue weighted by atomic mass is 10.1. The summed E-state index contributed by atoms with van der Waals surface area (Å²) < 4.78 is 5.43. The predicted octanol–water partition coefficient (Wildman–Crippen LogP) is 3.35. The van der Waals surface area contributed by atoms with Crippen molar-refractivity contribution in [3.8, 4) is 5.75 Å². The zero-order valence-corrected chi connectivity index (χ0v) is 13.2. The van der Waals surface area contributed by atoms with Crippen LogP contribution in [0.2, 0.25) is 5.02 Å². The molecule has 4 heteroatoms. The van der Waals surface area contributed by atoms with Gasteiger partial charge in [0.05, 0.1) is 17.8 Å². The second-order valence-corrected chi connectivity index (χ2v) is 4.63. The number of piperazine rings is 1. The molecule has 1 aromatic carbocycles. The molecule has 0 aromatic heterocycles. The van der Waals surface area contributed by atoms with Gasteiger partial charge in [-0.25, -0.2) is 0 Å². The molecule has 1 aliphatic heterocycles. The standard InChI is InChI=1S/C13H19ClN2O.C2H6/c1-3-10-8-11(14)13(17-2)12(9-10)16-6-4-15-5-7-16;1-2/h8-9,15H,3-7H2,1-2H3;1-2H3. The Hall–Kier alpha value is -0.930. The molecule has 1 aromatic rings. The van der Waals surface area contributed by atoms with Crippen molar-refractivity contribution in [1.29, 1.82) is 0 Å². The fourth-order valence-corrected chi connectivity index (χ4v) is 2.49. The van der Waals surface area contributed by atoms with Crippen molar-refractivity contribution >= 4 is 17.3 Å². The number of halogens is 1. The van der Waals surface area contributed by atoms with Gasteiger partial charge in [-0.1, -0.05) is 32.4 Å². The summed E-state index contributed by atoms with van der Waals surface area (Å²) in [5, 5.41) is 4.06. The van der Waals surface area contributed by atoms with Crippen LogP contribution in [0.15, 0.2) is 12.1 Å². The normalized spacial score (nSPS) is 14.7. The Balaban J connectivity index is 0.000000861. The summed E-state index contributed by atoms with van der Waals surface area (Å²) in [6.45, 7) is 10.2. The van der Waals surface area contributed by atoms with E-state index in [9.17, 15) is 0 Å². The molecule has 0 saturated carbocycles. The maximum atomic E-state index is 6.27. The van der Waals surface area contributed by atoms with Gasteiger partial charge in [0.15, 0.2) is 5.75 Å². The first kappa shape index (κ1) is 16.1. The second-order valence-electron chi connectivity index (χ2n) is 4.22. The first-order valence-corrected chi connectivity index (χ1v) is 7.46. The van der Waals surface area contributed by atoms with Gasteiger partial charge in [-0.05, 0) is 24.1 Å². The lowest BCUT2D eigenvalue weighted by Crippen LogP contribution is -2.43. The van der Waals surface area contributed by atoms with Crippen LogP contribution >= 0.6 is 11.6 Å². The third kappa shape index (κ3) is 4.02. The van der Waals surface area contributed by atoms with E-state index in [0.29, 0.717) is 5.02 Å². The van der Waals surface area contributed by atoms with Crippen LogP contribution in [0.1, 0.15) is 26.3 Å². The summed E-state index contributed by atoms with van der Waals surface area (Å²) in [6, 6.07) is 4.18. The van der Waals surface area contributed by atoms with Crippen LogP contribution in [0, 0.1) is 0 Å². The minimum absolute atomic E-state index is 0.709. The molecule has 0 radical (unpaired) electrons. The van der Waals surface area contributed by atoms with E-state index in [2.05, 4.69) is 23.2 Å². The lowest BCUT2D eigenvalue weighted by Gasteiger charge is -2.31. The maximum absolute atomic E-state index is 6.27. The molecule has 108 valence electrons. The van der Waals surface area contributed by atoms with E-state index in [1.54, 1.807) is 7.11 Å². The molecular formula is C15H25ClN2O. The third-order valence-corrected chi connectivity index (χ3v) is 3.43. The smallest absolute Gasteiger partial charge is 0.160 e. The van der Waals surface area contributed by atoms with E-state index in [4.69, 9.17) is 16.3 Å². The van der Waals surface area contributed by atoms with E-state index >= 15 is 0 Å². The molecule has 19 heavy (non-hydrogen) atoms. The van der Waals surface area contributed by atoms with Gasteiger partial charge in [-0.3, -0.25) is 0 Å². The minimum Gasteiger partial charge on any atom is -0.493 e. The van der Waals surface area contributed by atoms with Crippen LogP contribution in [0.5, 0.6) is 5.75 Å². The van der Waals surface area contributed by atoms with Crippen molar-refractivity contribution in [1.82, 2.24) is 5.32 Å². The molecule has 1 saturated heterocycles. The first-order valence-electron chi connectivity index (χ1n) is 7.08. The topological polar surface area (TPSA) is 24.5 Å². The molecule has 0 aliphatic carbocycles. The maximum Gasteiger partial charge on any atom is 0.160 e. The Labute approximate surface area is 121 Å². The number of nitrogens with zero attached hydrogens (tertiary/aromatic N) is 1. The number of benzene rings is 1. The number of aryl methyl sites for hydroxylation is 1. The molecule has 0 atom stereocenters. The van der Waals surface area contributed by atoms with Crippen LogP contribution in [0.25, 0.3) is 0 Å². The minimum atomic E-state index is 0.709. The Kier molecular flexibility index (Phi) is 7.03. The number of anilines is 1. The van der Waals surface area contributed by atoms with E-state index < -0.39 is 0 Å². The summed E-state index contributed by atoms with van der Waals surface area (Å²) in [4.78, 5) is 2.33. The fourth-order valence-electron chi connectivity index (χ4n) is 2.18. The predicted molar refractivity (Wildman–Crippen MR) is 83.8 cm³/mol. The molecule has 0 spiro atoms. The molecule has 1 N–H and O–H groups in total. The number of ether oxygens (including phenoxy) is 1. The van der Waals surface area contributed by atoms with Gasteiger partial charge >= 0.3 is 0 Å². The summed E-state index contributed by atoms with van der Waals surface area (Å²) in [5.74, 6) is 0.797. The van der Waals surface area contributed by atoms with Crippen LogP contribution in [0.3, 0.4) is 0 Å². The van der Waals surface area contributed by atoms with Crippen molar-refractivity contribution in [3.05, 3.63) is 22.7 Å². The van der Waals surface area contributed by atoms with Gasteiger partial charge in [0.1, 0.15) is 0 Å². The highest BCUT2D eigenvalue weighted by atomic mass is 35.5. The van der Waals surface area contributed by atoms with E-state index in [1.807, 2.05) is 19.9 Å². The zero-order chi connectivity index (χ0) is 14.3. The summed E-state index contributed by atoms with van der Waals surface area (Å²) in [5.41, 5.74) is 2.38. The van der Waals surface area contributed by atoms with Gasteiger partial charge in [0.25, 0.3) is 0 Å². The van der Waals surface area contributed by atoms with Gasteiger partial charge in [-0.15, -0.1) is 0 Å². The third-order valence-electron chi connectivity index (χ3n) is 3.15. The Morgan fingerprint density at radius 2 is 1.89 bits per heavy atom. The quantitative estimate of drug-likeness (QED) is 0.921. The molecule has 0 bridgehead atoms. The van der Waals surface area contributed by atoms with Crippen molar-refractivity contribution in [2.75, 3.05) is 38.2 Å². The van der Waals surface area contributed by atoms with E-state index in [-0.39, 0.29) is 0 Å². The molecule has 0 amide bonds. The van der Waals surface area contributed by atoms with Crippen LogP contribution in [-0.2, 0) is 6.42 Å². The van der Waals surface area contributed by atoms with Crippen molar-refractivity contribution in [2.45, 2.75) is 27.2 Å². The first-order chi connectivity index (χ1) is 9.26. The Bertz CT molecular complexity index is 390. The number of methoxy groups -OCH3 is 1. The Morgan fingerprint density at radius 1 is 1.26 bits per heavy atom. The molecule has 3 nitrogen and oxygen atoms in total. The summed E-state index contributed by atoms with van der Waals surface area (Å²) >= 11 is 6.27. The summed E-state index contributed by atoms with van der Waals surface area (Å²) in [6.07, 6.45) is 0.989. The van der Waals surface area contributed by atoms with Crippen LogP contribution in [0.4, 0.5) is 5.69 Å². The van der Waals surface area contributed by atoms with Crippen molar-refractivity contribution < 1.29 is 4.74 Å². The van der Waals surface area contributed by atoms with Gasteiger partial charge < -0.3 is 15.0 Å². The Morgan fingerprint density at radius 3 is 2.42 bits per heavy atom. The zero-order valence-electron chi connectivity index (χ0n) is 12.4. The highest BCUT2D eigenvalue weighted by Gasteiger charge is 2.17. The SMILES string of the molecule is CC.CCc1cc(Cl)c(OC)c(N2CCNCC2)c1. The number of hydrogen-bond donors (Lipinski definition) is 1. The van der Waals surface area contributed by atoms with Crippen molar-refractivity contribution in [2.24, 2.45) is 0 Å². The molecular weight excluding hydrogens is 260 g/mol. The van der Waals surface area contributed by atoms with Crippen molar-refractivity contribution in [3.63, 3.8) is 0 Å². The molecule has 1 heterocycles. The largest absolute Gasteiger partial charge is 0.493 e. The molecule has 2 rings (SSSR count). The highest BCUT2D eigenvalue weighted by Crippen LogP contribution is 2.37. The molecule has 1 aliphatic rings. The highest BCUT2D eigenvalue weighted by molar-refractivity contribution is 6.32. The second kappa shape index (κ2) is 8.28. The fraction of sp³-hybridized carbons (Fsp3) is 0.600. The van der Waals surface area contributed by atoms with E-state index in [1.165, 1.54) is 5.56 Å². The monoisotopic (exact) mass is 284 g/mol. The number of rotatable bonds is 3. The average Bonchev–Trinajstić information content (AvgIpc) is 2.49. The van der Waals surface area contributed by atoms with Crippen LogP contribution < -0.4 is 15.0 Å². The number of nitrogens with one attached hydrogen (secondary N) is 1. The molecule has 1 fully saturated rings. The van der Waals surface area contributed by atoms with Gasteiger partial charge in [0.2, 0.25) is 0 Å². The van der Waals surface area contributed by atoms with E-state index in [0.717, 1.165) is 44.0 Å². The van der Waals surface area contributed by atoms with Gasteiger partial charge in [0, 0.05) is 26.2 Å². The molecule has 0 unspecified atom stereocenters. The average molecular weight is 285 g/mol. The number of hydrogen-bond acceptors (Lipinski definition) is 3.